The van der Waals surface area contributed by atoms with Gasteiger partial charge in [0, 0.05) is 51.3 Å². The Bertz CT molecular complexity index is 1200. The second-order valence-corrected chi connectivity index (χ2v) is 13.3. The third kappa shape index (κ3) is 6.62. The van der Waals surface area contributed by atoms with Gasteiger partial charge in [-0.25, -0.2) is 4.79 Å². The number of benzene rings is 1. The van der Waals surface area contributed by atoms with Crippen LogP contribution in [0.3, 0.4) is 0 Å². The van der Waals surface area contributed by atoms with E-state index in [4.69, 9.17) is 0 Å². The zero-order valence-electron chi connectivity index (χ0n) is 25.0. The summed E-state index contributed by atoms with van der Waals surface area (Å²) in [6, 6.07) is 6.29. The van der Waals surface area contributed by atoms with Crippen molar-refractivity contribution in [3.63, 3.8) is 0 Å². The summed E-state index contributed by atoms with van der Waals surface area (Å²) in [5.41, 5.74) is 4.39. The van der Waals surface area contributed by atoms with Gasteiger partial charge >= 0.3 is 6.03 Å². The van der Waals surface area contributed by atoms with E-state index in [-0.39, 0.29) is 17.9 Å². The minimum atomic E-state index is 0.000465. The standard InChI is InChI=1S/C31H47N7O2/c1-22-6-11-27-26(18-22)34-28-25(20-33-35(28)5)21-38(27)29(39)24-9-7-23(8-10-24)19-32-30(40)37-16-14-36(15-17-37)13-12-31(2,3)4/h6,11,18,20,23-24,34H,7-10,12-17,19,21H2,1-5H3,(H,32,40). The molecule has 9 nitrogen and oxygen atoms in total. The van der Waals surface area contributed by atoms with Crippen LogP contribution in [-0.2, 0) is 18.4 Å². The highest BCUT2D eigenvalue weighted by atomic mass is 16.2. The number of piperazine rings is 1. The molecule has 0 atom stereocenters. The number of amides is 3. The Morgan fingerprint density at radius 2 is 1.80 bits per heavy atom. The smallest absolute Gasteiger partial charge is 0.317 e. The van der Waals surface area contributed by atoms with E-state index in [0.29, 0.717) is 24.4 Å². The van der Waals surface area contributed by atoms with Crippen LogP contribution in [0.25, 0.3) is 0 Å². The predicted molar refractivity (Wildman–Crippen MR) is 160 cm³/mol. The van der Waals surface area contributed by atoms with Crippen LogP contribution < -0.4 is 15.5 Å². The average molecular weight is 550 g/mol. The maximum Gasteiger partial charge on any atom is 0.317 e. The molecule has 2 N–H and O–H groups in total. The minimum absolute atomic E-state index is 0.000465. The van der Waals surface area contributed by atoms with Gasteiger partial charge < -0.3 is 20.4 Å². The van der Waals surface area contributed by atoms with Crippen molar-refractivity contribution in [2.45, 2.75) is 66.3 Å². The molecule has 5 rings (SSSR count). The number of aromatic nitrogens is 2. The highest BCUT2D eigenvalue weighted by Gasteiger charge is 2.33. The summed E-state index contributed by atoms with van der Waals surface area (Å²) >= 11 is 0. The lowest BCUT2D eigenvalue weighted by molar-refractivity contribution is -0.123. The fourth-order valence-electron chi connectivity index (χ4n) is 6.17. The van der Waals surface area contributed by atoms with Crippen molar-refractivity contribution < 1.29 is 9.59 Å². The summed E-state index contributed by atoms with van der Waals surface area (Å²) in [7, 11) is 1.92. The molecule has 9 heteroatoms. The molecule has 1 aromatic carbocycles. The Labute approximate surface area is 239 Å². The van der Waals surface area contributed by atoms with Gasteiger partial charge in [-0.3, -0.25) is 14.4 Å². The molecule has 1 saturated heterocycles. The van der Waals surface area contributed by atoms with Crippen molar-refractivity contribution in [3.8, 4) is 0 Å². The minimum Gasteiger partial charge on any atom is -0.338 e. The van der Waals surface area contributed by atoms with Crippen LogP contribution in [-0.4, -0.2) is 70.8 Å². The van der Waals surface area contributed by atoms with Gasteiger partial charge in [-0.05, 0) is 74.6 Å². The highest BCUT2D eigenvalue weighted by molar-refractivity contribution is 5.99. The van der Waals surface area contributed by atoms with Gasteiger partial charge in [0.05, 0.1) is 24.1 Å². The van der Waals surface area contributed by atoms with Crippen LogP contribution >= 0.6 is 0 Å². The van der Waals surface area contributed by atoms with Gasteiger partial charge in [-0.15, -0.1) is 0 Å². The van der Waals surface area contributed by atoms with Crippen LogP contribution in [0.5, 0.6) is 0 Å². The topological polar surface area (TPSA) is 85.7 Å². The number of fused-ring (bicyclic) bond motifs is 2. The van der Waals surface area contributed by atoms with E-state index < -0.39 is 0 Å². The number of anilines is 3. The second kappa shape index (κ2) is 11.8. The fraction of sp³-hybridized carbons (Fsp3) is 0.645. The number of rotatable bonds is 5. The molecule has 3 heterocycles. The van der Waals surface area contributed by atoms with Crippen LogP contribution in [0.4, 0.5) is 22.0 Å². The lowest BCUT2D eigenvalue weighted by Gasteiger charge is -2.36. The lowest BCUT2D eigenvalue weighted by Crippen LogP contribution is -2.52. The predicted octanol–water partition coefficient (Wildman–Crippen LogP) is 4.89. The number of nitrogens with one attached hydrogen (secondary N) is 2. The third-order valence-corrected chi connectivity index (χ3v) is 8.88. The average Bonchev–Trinajstić information content (AvgIpc) is 3.18. The van der Waals surface area contributed by atoms with Gasteiger partial charge in [-0.1, -0.05) is 26.8 Å². The van der Waals surface area contributed by atoms with Crippen molar-refractivity contribution in [2.24, 2.45) is 24.3 Å². The zero-order chi connectivity index (χ0) is 28.4. The van der Waals surface area contributed by atoms with E-state index in [1.54, 1.807) is 0 Å². The number of nitrogens with zero attached hydrogens (tertiary/aromatic N) is 5. The molecule has 0 spiro atoms. The van der Waals surface area contributed by atoms with E-state index in [1.165, 1.54) is 6.42 Å². The monoisotopic (exact) mass is 549 g/mol. The molecule has 0 radical (unpaired) electrons. The number of aryl methyl sites for hydroxylation is 2. The Kier molecular flexibility index (Phi) is 8.40. The molecule has 218 valence electrons. The number of carbonyl (C=O) groups is 2. The Balaban J connectivity index is 1.11. The molecule has 2 fully saturated rings. The first-order valence-corrected chi connectivity index (χ1v) is 15.0. The normalized spacial score (nSPS) is 21.7. The van der Waals surface area contributed by atoms with E-state index in [9.17, 15) is 9.59 Å². The Hall–Kier alpha value is -3.07. The Morgan fingerprint density at radius 1 is 1.07 bits per heavy atom. The number of carbonyl (C=O) groups excluding carboxylic acids is 2. The van der Waals surface area contributed by atoms with Crippen LogP contribution in [0, 0.1) is 24.2 Å². The van der Waals surface area contributed by atoms with Crippen molar-refractivity contribution >= 4 is 29.1 Å². The molecule has 3 amide bonds. The molecule has 0 unspecified atom stereocenters. The quantitative estimate of drug-likeness (QED) is 0.555. The molecule has 1 saturated carbocycles. The molecule has 3 aliphatic rings. The first-order valence-electron chi connectivity index (χ1n) is 15.0. The van der Waals surface area contributed by atoms with Crippen LogP contribution in [0.15, 0.2) is 24.4 Å². The maximum absolute atomic E-state index is 13.9. The molecule has 2 aliphatic heterocycles. The highest BCUT2D eigenvalue weighted by Crippen LogP contribution is 2.39. The fourth-order valence-corrected chi connectivity index (χ4v) is 6.17. The van der Waals surface area contributed by atoms with Gasteiger partial charge in [0.2, 0.25) is 5.91 Å². The van der Waals surface area contributed by atoms with E-state index >= 15 is 0 Å². The van der Waals surface area contributed by atoms with Gasteiger partial charge in [-0.2, -0.15) is 5.10 Å². The van der Waals surface area contributed by atoms with E-state index in [0.717, 1.165) is 86.7 Å². The summed E-state index contributed by atoms with van der Waals surface area (Å²) < 4.78 is 1.84. The number of hydrogen-bond acceptors (Lipinski definition) is 5. The summed E-state index contributed by atoms with van der Waals surface area (Å²) in [6.45, 7) is 14.7. The van der Waals surface area contributed by atoms with Gasteiger partial charge in [0.1, 0.15) is 5.82 Å². The van der Waals surface area contributed by atoms with Crippen molar-refractivity contribution in [3.05, 3.63) is 35.5 Å². The molecule has 0 bridgehead atoms. The Morgan fingerprint density at radius 3 is 2.50 bits per heavy atom. The van der Waals surface area contributed by atoms with Gasteiger partial charge in [0.25, 0.3) is 0 Å². The number of urea groups is 1. The molecular weight excluding hydrogens is 502 g/mol. The SMILES string of the molecule is Cc1ccc2c(c1)Nc1c(cnn1C)CN2C(=O)C1CCC(CNC(=O)N2CCN(CCC(C)(C)C)CC2)CC1. The largest absolute Gasteiger partial charge is 0.338 e. The summed E-state index contributed by atoms with van der Waals surface area (Å²) in [5.74, 6) is 1.55. The van der Waals surface area contributed by atoms with Crippen molar-refractivity contribution in [1.82, 2.24) is 24.9 Å². The van der Waals surface area contributed by atoms with Crippen molar-refractivity contribution in [2.75, 3.05) is 49.5 Å². The molecular formula is C31H47N7O2. The van der Waals surface area contributed by atoms with Crippen molar-refractivity contribution in [1.29, 1.82) is 0 Å². The van der Waals surface area contributed by atoms with Crippen LogP contribution in [0.1, 0.15) is 64.0 Å². The molecule has 1 aliphatic carbocycles. The summed E-state index contributed by atoms with van der Waals surface area (Å²) in [5, 5.41) is 11.1. The maximum atomic E-state index is 13.9. The first kappa shape index (κ1) is 28.5. The summed E-state index contributed by atoms with van der Waals surface area (Å²) in [6.07, 6.45) is 6.67. The lowest BCUT2D eigenvalue weighted by atomic mass is 9.81. The van der Waals surface area contributed by atoms with Gasteiger partial charge in [0.15, 0.2) is 0 Å². The number of hydrogen-bond donors (Lipinski definition) is 2. The second-order valence-electron chi connectivity index (χ2n) is 13.3. The molecule has 40 heavy (non-hydrogen) atoms. The first-order chi connectivity index (χ1) is 19.1. The van der Waals surface area contributed by atoms with Crippen LogP contribution in [0.2, 0.25) is 0 Å². The molecule has 1 aromatic heterocycles. The summed E-state index contributed by atoms with van der Waals surface area (Å²) in [4.78, 5) is 33.1. The van der Waals surface area contributed by atoms with E-state index in [2.05, 4.69) is 66.5 Å². The third-order valence-electron chi connectivity index (χ3n) is 8.88. The molecule has 2 aromatic rings. The zero-order valence-corrected chi connectivity index (χ0v) is 25.0. The van der Waals surface area contributed by atoms with E-state index in [1.807, 2.05) is 27.7 Å².